The minimum Gasteiger partial charge on any atom is -0.481 e. The van der Waals surface area contributed by atoms with Gasteiger partial charge in [0.2, 0.25) is 0 Å². The van der Waals surface area contributed by atoms with Crippen molar-refractivity contribution in [1.29, 1.82) is 0 Å². The Balaban J connectivity index is 5.55. The molecule has 0 fully saturated rings. The molecule has 3 N–H and O–H groups in total. The minimum absolute atomic E-state index is 0.250. The van der Waals surface area contributed by atoms with Gasteiger partial charge < -0.3 is 19.8 Å². The molecule has 7 nitrogen and oxygen atoms in total. The Morgan fingerprint density at radius 1 is 0.636 bits per heavy atom. The highest BCUT2D eigenvalue weighted by atomic mass is 16.4. The van der Waals surface area contributed by atoms with Crippen molar-refractivity contribution in [1.82, 2.24) is 0 Å². The van der Waals surface area contributed by atoms with Crippen molar-refractivity contribution in [2.75, 3.05) is 26.2 Å². The normalized spacial score (nSPS) is 16.2. The maximum absolute atomic E-state index is 11.9. The zero-order chi connectivity index (χ0) is 25.3. The van der Waals surface area contributed by atoms with Crippen molar-refractivity contribution in [2.45, 2.75) is 91.9 Å². The second-order valence-corrected chi connectivity index (χ2v) is 9.38. The van der Waals surface area contributed by atoms with Gasteiger partial charge in [0.25, 0.3) is 0 Å². The van der Waals surface area contributed by atoms with Crippen molar-refractivity contribution >= 4 is 17.9 Å². The molecule has 0 aliphatic carbocycles. The molecule has 192 valence electrons. The first-order valence-electron chi connectivity index (χ1n) is 12.8. The second kappa shape index (κ2) is 17.6. The molecule has 0 amide bonds. The predicted octanol–water partition coefficient (Wildman–Crippen LogP) is 5.44. The van der Waals surface area contributed by atoms with Gasteiger partial charge in [-0.05, 0) is 51.4 Å². The molecule has 3 unspecified atom stereocenters. The van der Waals surface area contributed by atoms with Crippen LogP contribution in [0, 0.1) is 17.8 Å². The van der Waals surface area contributed by atoms with E-state index in [9.17, 15) is 29.7 Å². The molecule has 0 heterocycles. The molecule has 0 radical (unpaired) electrons. The van der Waals surface area contributed by atoms with E-state index in [0.29, 0.717) is 25.8 Å². The zero-order valence-electron chi connectivity index (χ0n) is 21.3. The van der Waals surface area contributed by atoms with Gasteiger partial charge in [-0.25, -0.2) is 0 Å². The highest BCUT2D eigenvalue weighted by Crippen LogP contribution is 2.25. The van der Waals surface area contributed by atoms with Crippen LogP contribution < -0.4 is 0 Å². The molecular weight excluding hydrogens is 422 g/mol. The Labute approximate surface area is 200 Å². The van der Waals surface area contributed by atoms with Gasteiger partial charge in [-0.2, -0.15) is 0 Å². The van der Waals surface area contributed by atoms with E-state index in [-0.39, 0.29) is 24.1 Å². The molecule has 0 aliphatic heterocycles. The van der Waals surface area contributed by atoms with Crippen molar-refractivity contribution < 1.29 is 34.2 Å². The lowest BCUT2D eigenvalue weighted by atomic mass is 9.95. The fourth-order valence-corrected chi connectivity index (χ4v) is 4.57. The number of allylic oxidation sites excluding steroid dienone is 2. The van der Waals surface area contributed by atoms with Gasteiger partial charge in [0, 0.05) is 0 Å². The molecule has 3 atom stereocenters. The van der Waals surface area contributed by atoms with E-state index in [2.05, 4.69) is 19.1 Å². The third kappa shape index (κ3) is 12.8. The van der Waals surface area contributed by atoms with Crippen LogP contribution in [-0.2, 0) is 14.4 Å². The number of aliphatic carboxylic acids is 3. The first-order chi connectivity index (χ1) is 15.7. The van der Waals surface area contributed by atoms with Gasteiger partial charge in [0.05, 0.1) is 26.2 Å². The fraction of sp³-hybridized carbons (Fsp3) is 0.808. The van der Waals surface area contributed by atoms with Crippen molar-refractivity contribution in [3.63, 3.8) is 0 Å². The maximum Gasteiger partial charge on any atom is 0.312 e. The van der Waals surface area contributed by atoms with E-state index < -0.39 is 35.7 Å². The molecule has 0 aromatic carbocycles. The lowest BCUT2D eigenvalue weighted by molar-refractivity contribution is -0.935. The summed E-state index contributed by atoms with van der Waals surface area (Å²) in [6.45, 7) is 9.04. The Morgan fingerprint density at radius 2 is 1.03 bits per heavy atom. The highest BCUT2D eigenvalue weighted by molar-refractivity contribution is 5.71. The third-order valence-electron chi connectivity index (χ3n) is 6.75. The van der Waals surface area contributed by atoms with Crippen molar-refractivity contribution in [2.24, 2.45) is 17.8 Å². The van der Waals surface area contributed by atoms with E-state index in [1.54, 1.807) is 0 Å². The van der Waals surface area contributed by atoms with Gasteiger partial charge in [0.15, 0.2) is 0 Å². The number of unbranched alkanes of at least 4 members (excludes halogenated alkanes) is 5. The second-order valence-electron chi connectivity index (χ2n) is 9.38. The van der Waals surface area contributed by atoms with Crippen molar-refractivity contribution in [3.8, 4) is 0 Å². The van der Waals surface area contributed by atoms with E-state index in [1.165, 1.54) is 0 Å². The molecule has 0 spiro atoms. The largest absolute Gasteiger partial charge is 0.481 e. The summed E-state index contributed by atoms with van der Waals surface area (Å²) in [6.07, 6.45) is 13.0. The Bertz CT molecular complexity index is 544. The minimum atomic E-state index is -0.896. The summed E-state index contributed by atoms with van der Waals surface area (Å²) >= 11 is 0. The number of carbonyl (C=O) groups is 3. The van der Waals surface area contributed by atoms with Crippen molar-refractivity contribution in [3.05, 3.63) is 12.2 Å². The van der Waals surface area contributed by atoms with Crippen LogP contribution in [0.3, 0.4) is 0 Å². The maximum atomic E-state index is 11.9. The predicted molar refractivity (Wildman–Crippen MR) is 131 cm³/mol. The molecule has 0 rings (SSSR count). The third-order valence-corrected chi connectivity index (χ3v) is 6.75. The summed E-state index contributed by atoms with van der Waals surface area (Å²) in [6, 6.07) is 0. The summed E-state index contributed by atoms with van der Waals surface area (Å²) in [7, 11) is 0. The summed E-state index contributed by atoms with van der Waals surface area (Å²) < 4.78 is 0.250. The average molecular weight is 471 g/mol. The Morgan fingerprint density at radius 3 is 1.39 bits per heavy atom. The lowest BCUT2D eigenvalue weighted by Gasteiger charge is -2.43. The standard InChI is InChI=1S/C26H47NO6/c1-5-9-10-11-12-13-14-15-16-17-27(18-21(6-2)24(28)29,19-22(7-3)25(30)31)20-23(8-4)26(32)33/h9-10,21-23H,5-8,11-20H2,1-4H3,(H2-,28,29,30,31,32,33)/p+1/b10-9+. The topological polar surface area (TPSA) is 112 Å². The first-order valence-corrected chi connectivity index (χ1v) is 12.8. The number of hydrogen-bond acceptors (Lipinski definition) is 3. The number of hydrogen-bond donors (Lipinski definition) is 3. The lowest BCUT2D eigenvalue weighted by Crippen LogP contribution is -2.58. The van der Waals surface area contributed by atoms with E-state index >= 15 is 0 Å². The molecule has 33 heavy (non-hydrogen) atoms. The molecule has 7 heteroatoms. The monoisotopic (exact) mass is 470 g/mol. The number of nitrogens with zero attached hydrogens (tertiary/aromatic N) is 1. The quantitative estimate of drug-likeness (QED) is 0.117. The van der Waals surface area contributed by atoms with E-state index in [0.717, 1.165) is 44.9 Å². The van der Waals surface area contributed by atoms with Crippen LogP contribution in [0.25, 0.3) is 0 Å². The Kier molecular flexibility index (Phi) is 16.6. The van der Waals surface area contributed by atoms with Crippen LogP contribution in [0.4, 0.5) is 0 Å². The summed E-state index contributed by atoms with van der Waals surface area (Å²) in [5.74, 6) is -4.54. The SMILES string of the molecule is CC/C=C/CCCCCCC[N+](CC(CC)C(=O)O)(CC(CC)C(=O)O)CC(CC)C(=O)O. The molecule has 0 saturated heterocycles. The smallest absolute Gasteiger partial charge is 0.312 e. The number of carboxylic acids is 3. The van der Waals surface area contributed by atoms with Gasteiger partial charge in [-0.1, -0.05) is 52.7 Å². The number of rotatable bonds is 21. The van der Waals surface area contributed by atoms with Crippen LogP contribution in [0.2, 0.25) is 0 Å². The van der Waals surface area contributed by atoms with Gasteiger partial charge in [0.1, 0.15) is 17.8 Å². The zero-order valence-corrected chi connectivity index (χ0v) is 21.3. The molecule has 0 aromatic heterocycles. The first kappa shape index (κ1) is 31.1. The van der Waals surface area contributed by atoms with Crippen LogP contribution >= 0.6 is 0 Å². The molecular formula is C26H48NO6+. The van der Waals surface area contributed by atoms with Gasteiger partial charge in [-0.3, -0.25) is 14.4 Å². The van der Waals surface area contributed by atoms with E-state index in [1.807, 2.05) is 20.8 Å². The number of quaternary nitrogens is 1. The Hall–Kier alpha value is -1.89. The molecule has 0 bridgehead atoms. The van der Waals surface area contributed by atoms with Gasteiger partial charge >= 0.3 is 17.9 Å². The van der Waals surface area contributed by atoms with Crippen LogP contribution in [0.5, 0.6) is 0 Å². The molecule has 0 aromatic rings. The summed E-state index contributed by atoms with van der Waals surface area (Å²) in [5, 5.41) is 29.2. The fourth-order valence-electron chi connectivity index (χ4n) is 4.57. The van der Waals surface area contributed by atoms with Crippen LogP contribution in [-0.4, -0.2) is 63.9 Å². The highest BCUT2D eigenvalue weighted by Gasteiger charge is 2.40. The number of carboxylic acid groups (broad SMARTS) is 3. The summed E-state index contributed by atoms with van der Waals surface area (Å²) in [4.78, 5) is 35.6. The average Bonchev–Trinajstić information content (AvgIpc) is 2.77. The molecule has 0 saturated carbocycles. The van der Waals surface area contributed by atoms with Crippen LogP contribution in [0.15, 0.2) is 12.2 Å². The molecule has 0 aliphatic rings. The summed E-state index contributed by atoms with van der Waals surface area (Å²) in [5.41, 5.74) is 0. The van der Waals surface area contributed by atoms with Crippen LogP contribution in [0.1, 0.15) is 91.9 Å². The van der Waals surface area contributed by atoms with Gasteiger partial charge in [-0.15, -0.1) is 0 Å². The van der Waals surface area contributed by atoms with E-state index in [4.69, 9.17) is 0 Å².